The Morgan fingerprint density at radius 2 is 2.11 bits per heavy atom. The molecule has 0 saturated carbocycles. The number of likely N-dealkylation sites (tertiary alicyclic amines) is 1. The summed E-state index contributed by atoms with van der Waals surface area (Å²) in [5, 5.41) is 23.2. The fraction of sp³-hybridized carbons (Fsp3) is 0.316. The third-order valence-corrected chi connectivity index (χ3v) is 4.88. The van der Waals surface area contributed by atoms with Crippen LogP contribution in [-0.4, -0.2) is 38.9 Å². The van der Waals surface area contributed by atoms with Crippen LogP contribution < -0.4 is 9.96 Å². The lowest BCUT2D eigenvalue weighted by molar-refractivity contribution is -0.991. The summed E-state index contributed by atoms with van der Waals surface area (Å²) in [6.45, 7) is 1.62. The van der Waals surface area contributed by atoms with Gasteiger partial charge < -0.3 is 14.5 Å². The van der Waals surface area contributed by atoms with Gasteiger partial charge in [-0.15, -0.1) is 0 Å². The second-order valence-corrected chi connectivity index (χ2v) is 6.68. The van der Waals surface area contributed by atoms with Gasteiger partial charge in [0.25, 0.3) is 0 Å². The second kappa shape index (κ2) is 8.03. The van der Waals surface area contributed by atoms with Gasteiger partial charge in [-0.3, -0.25) is 4.90 Å². The van der Waals surface area contributed by atoms with Gasteiger partial charge in [-0.2, -0.15) is 10.2 Å². The van der Waals surface area contributed by atoms with Gasteiger partial charge in [0.15, 0.2) is 5.69 Å². The minimum atomic E-state index is -0.919. The number of nitrogens with zero attached hydrogens (tertiary/aromatic N) is 4. The molecule has 1 aromatic carbocycles. The van der Waals surface area contributed by atoms with Crippen molar-refractivity contribution in [2.75, 3.05) is 13.7 Å². The summed E-state index contributed by atoms with van der Waals surface area (Å²) in [7, 11) is 1.57. The minimum Gasteiger partial charge on any atom is -0.595 e. The Bertz CT molecular complexity index is 911. The number of aromatic nitrogens is 3. The molecule has 2 aromatic heterocycles. The number of methoxy groups -OCH3 is 1. The largest absolute Gasteiger partial charge is 0.595 e. The third kappa shape index (κ3) is 3.87. The minimum absolute atomic E-state index is 0.0478. The van der Waals surface area contributed by atoms with Crippen molar-refractivity contribution in [1.29, 1.82) is 0 Å². The van der Waals surface area contributed by atoms with Crippen molar-refractivity contribution in [3.05, 3.63) is 59.3 Å². The Hall–Kier alpha value is -2.85. The van der Waals surface area contributed by atoms with Gasteiger partial charge in [0.05, 0.1) is 13.2 Å². The Balaban J connectivity index is 1.48. The zero-order chi connectivity index (χ0) is 19.5. The second-order valence-electron chi connectivity index (χ2n) is 6.68. The monoisotopic (exact) mass is 383 g/mol. The number of benzene rings is 1. The van der Waals surface area contributed by atoms with Gasteiger partial charge in [0, 0.05) is 36.5 Å². The Morgan fingerprint density at radius 3 is 2.79 bits per heavy atom. The molecular weight excluding hydrogens is 362 g/mol. The Kier molecular flexibility index (Phi) is 5.31. The van der Waals surface area contributed by atoms with Gasteiger partial charge in [0.2, 0.25) is 17.6 Å². The molecule has 1 fully saturated rings. The molecule has 0 aliphatic carbocycles. The van der Waals surface area contributed by atoms with E-state index in [1.54, 1.807) is 31.5 Å². The van der Waals surface area contributed by atoms with E-state index in [0.29, 0.717) is 24.1 Å². The summed E-state index contributed by atoms with van der Waals surface area (Å²) in [5.74, 6) is 1.62. The van der Waals surface area contributed by atoms with Crippen LogP contribution in [0.5, 0.6) is 5.88 Å². The van der Waals surface area contributed by atoms with Crippen LogP contribution in [0.25, 0.3) is 11.4 Å². The summed E-state index contributed by atoms with van der Waals surface area (Å²) in [6, 6.07) is 10.6. The summed E-state index contributed by atoms with van der Waals surface area (Å²) in [5.41, 5.74) is 2.11. The van der Waals surface area contributed by atoms with Crippen molar-refractivity contribution >= 4 is 5.69 Å². The Morgan fingerprint density at radius 1 is 1.29 bits per heavy atom. The first kappa shape index (κ1) is 18.5. The van der Waals surface area contributed by atoms with Crippen molar-refractivity contribution in [3.63, 3.8) is 0 Å². The predicted octanol–water partition coefficient (Wildman–Crippen LogP) is 1.88. The number of nitrogens with one attached hydrogen (secondary N) is 1. The number of quaternary nitrogens is 1. The molecule has 1 aliphatic rings. The van der Waals surface area contributed by atoms with Crippen molar-refractivity contribution < 1.29 is 19.7 Å². The van der Waals surface area contributed by atoms with E-state index in [2.05, 4.69) is 20.0 Å². The van der Waals surface area contributed by atoms with Gasteiger partial charge in [0.1, 0.15) is 0 Å². The molecule has 0 amide bonds. The zero-order valence-corrected chi connectivity index (χ0v) is 15.4. The number of hydrogen-bond donors (Lipinski definition) is 2. The van der Waals surface area contributed by atoms with Crippen LogP contribution in [0.15, 0.2) is 47.1 Å². The lowest BCUT2D eigenvalue weighted by Gasteiger charge is -2.21. The maximum Gasteiger partial charge on any atom is 0.244 e. The van der Waals surface area contributed by atoms with Crippen LogP contribution >= 0.6 is 0 Å². The van der Waals surface area contributed by atoms with Crippen molar-refractivity contribution in [1.82, 2.24) is 20.0 Å². The maximum atomic E-state index is 11.0. The normalized spacial score (nSPS) is 18.3. The van der Waals surface area contributed by atoms with E-state index in [-0.39, 0.29) is 11.7 Å². The van der Waals surface area contributed by atoms with E-state index in [0.717, 1.165) is 30.5 Å². The van der Waals surface area contributed by atoms with Crippen LogP contribution in [-0.2, 0) is 6.54 Å². The molecular formula is C19H21N5O4. The highest BCUT2D eigenvalue weighted by molar-refractivity contribution is 5.53. The van der Waals surface area contributed by atoms with E-state index >= 15 is 0 Å². The van der Waals surface area contributed by atoms with Crippen LogP contribution in [0.3, 0.4) is 0 Å². The highest BCUT2D eigenvalue weighted by Crippen LogP contribution is 2.33. The molecule has 3 heterocycles. The van der Waals surface area contributed by atoms with Crippen molar-refractivity contribution in [3.8, 4) is 17.3 Å². The SMILES string of the molecule is COc1ccc(-c2noc([C@H]3CCCN3Cc3ccc([NH+]([O-])O)cc3)n2)cn1. The average molecular weight is 383 g/mol. The molecule has 28 heavy (non-hydrogen) atoms. The van der Waals surface area contributed by atoms with Crippen LogP contribution in [0, 0.1) is 5.21 Å². The zero-order valence-electron chi connectivity index (χ0n) is 15.4. The van der Waals surface area contributed by atoms with Crippen LogP contribution in [0.4, 0.5) is 5.69 Å². The van der Waals surface area contributed by atoms with Gasteiger partial charge in [-0.1, -0.05) is 17.3 Å². The van der Waals surface area contributed by atoms with E-state index < -0.39 is 5.23 Å². The topological polar surface area (TPSA) is 112 Å². The molecule has 9 heteroatoms. The van der Waals surface area contributed by atoms with Gasteiger partial charge in [-0.05, 0) is 31.0 Å². The molecule has 2 atom stereocenters. The lowest BCUT2D eigenvalue weighted by Crippen LogP contribution is -2.99. The highest BCUT2D eigenvalue weighted by atomic mass is 16.8. The van der Waals surface area contributed by atoms with Crippen LogP contribution in [0.1, 0.15) is 30.3 Å². The first-order valence-corrected chi connectivity index (χ1v) is 9.04. The van der Waals surface area contributed by atoms with Crippen molar-refractivity contribution in [2.24, 2.45) is 0 Å². The number of hydrogen-bond acceptors (Lipinski definition) is 8. The quantitative estimate of drug-likeness (QED) is 0.621. The summed E-state index contributed by atoms with van der Waals surface area (Å²) >= 11 is 0. The van der Waals surface area contributed by atoms with E-state index in [1.165, 1.54) is 0 Å². The van der Waals surface area contributed by atoms with E-state index in [1.807, 2.05) is 18.2 Å². The molecule has 0 spiro atoms. The summed E-state index contributed by atoms with van der Waals surface area (Å²) < 4.78 is 10.6. The lowest BCUT2D eigenvalue weighted by atomic mass is 10.1. The standard InChI is InChI=1S/C19H21N5O4/c1-27-17-9-6-14(11-20-17)18-21-19(28-22-18)16-3-2-10-23(16)12-13-4-7-15(8-5-13)24(25)26/h4-9,11,16,24-25H,2-3,10,12H2,1H3/t16-/m1/s1. The van der Waals surface area contributed by atoms with E-state index in [9.17, 15) is 5.21 Å². The smallest absolute Gasteiger partial charge is 0.244 e. The molecule has 9 nitrogen and oxygen atoms in total. The third-order valence-electron chi connectivity index (χ3n) is 4.88. The number of pyridine rings is 1. The molecule has 2 N–H and O–H groups in total. The maximum absolute atomic E-state index is 11.0. The number of rotatable bonds is 6. The van der Waals surface area contributed by atoms with Gasteiger partial charge in [-0.25, -0.2) is 10.2 Å². The molecule has 0 radical (unpaired) electrons. The average Bonchev–Trinajstić information content (AvgIpc) is 3.38. The van der Waals surface area contributed by atoms with Gasteiger partial charge >= 0.3 is 0 Å². The molecule has 1 aliphatic heterocycles. The molecule has 146 valence electrons. The van der Waals surface area contributed by atoms with Crippen LogP contribution in [0.2, 0.25) is 0 Å². The first-order valence-electron chi connectivity index (χ1n) is 9.04. The first-order chi connectivity index (χ1) is 13.6. The summed E-state index contributed by atoms with van der Waals surface area (Å²) in [6.07, 6.45) is 3.64. The predicted molar refractivity (Wildman–Crippen MR) is 98.7 cm³/mol. The summed E-state index contributed by atoms with van der Waals surface area (Å²) in [4.78, 5) is 11.0. The highest BCUT2D eigenvalue weighted by Gasteiger charge is 2.30. The number of ether oxygens (including phenoxy) is 1. The molecule has 3 aromatic rings. The fourth-order valence-corrected chi connectivity index (χ4v) is 3.40. The molecule has 0 bridgehead atoms. The molecule has 4 rings (SSSR count). The van der Waals surface area contributed by atoms with Crippen molar-refractivity contribution in [2.45, 2.75) is 25.4 Å². The van der Waals surface area contributed by atoms with E-state index in [4.69, 9.17) is 14.5 Å². The molecule has 1 saturated heterocycles. The molecule has 1 unspecified atom stereocenters. The Labute approximate surface area is 161 Å². The fourth-order valence-electron chi connectivity index (χ4n) is 3.40.